The fourth-order valence-electron chi connectivity index (χ4n) is 13.5. The minimum atomic E-state index is -0.668. The molecule has 6 fully saturated rings. The van der Waals surface area contributed by atoms with Crippen molar-refractivity contribution in [3.8, 4) is 0 Å². The normalized spacial score (nSPS) is 23.7. The number of amides is 4. The number of H-pyrrole nitrogens is 2. The van der Waals surface area contributed by atoms with Gasteiger partial charge in [0.05, 0.1) is 60.5 Å². The Morgan fingerprint density at radius 1 is 0.562 bits per heavy atom. The van der Waals surface area contributed by atoms with Crippen molar-refractivity contribution in [3.05, 3.63) is 82.9 Å². The highest BCUT2D eigenvalue weighted by Crippen LogP contribution is 2.49. The first kappa shape index (κ1) is 48.8. The molecule has 6 atom stereocenters. The number of nitrogens with zero attached hydrogens (tertiary/aromatic N) is 6. The summed E-state index contributed by atoms with van der Waals surface area (Å²) in [5.74, 6) is 0.0724. The average molecular weight is 1000 g/mol. The molecule has 0 spiro atoms. The number of carbonyl (C=O) groups is 4. The van der Waals surface area contributed by atoms with Crippen LogP contribution < -0.4 is 20.4 Å². The lowest BCUT2D eigenvalue weighted by Gasteiger charge is -2.35. The SMILES string of the molecule is COC(=O)N[C@H](C(=O)N1CCC[C@H]1c1nc2ccc([C@H]3CC[C@H](c4ccc5nc([C@@H]6CCCN6C(=O)[C@@H](NC(=O)OC)C6CCCC6)[nH]c5c4)N3c3cc(F)c(N4CCCCC4)c(F)c3)cc2[nH]1)C1CCCC1. The van der Waals surface area contributed by atoms with Crippen molar-refractivity contribution < 1.29 is 37.4 Å². The number of piperidine rings is 1. The number of alkyl carbamates (subject to hydrolysis) is 2. The molecule has 2 saturated carbocycles. The maximum Gasteiger partial charge on any atom is 0.407 e. The molecule has 4 amide bonds. The highest BCUT2D eigenvalue weighted by Gasteiger charge is 2.43. The minimum absolute atomic E-state index is 0.0266. The number of benzene rings is 3. The molecule has 3 aromatic carbocycles. The quantitative estimate of drug-likeness (QED) is 0.0940. The van der Waals surface area contributed by atoms with Gasteiger partial charge in [0, 0.05) is 31.9 Å². The van der Waals surface area contributed by atoms with Gasteiger partial charge in [0.1, 0.15) is 29.4 Å². The van der Waals surface area contributed by atoms with Crippen LogP contribution in [0.1, 0.15) is 156 Å². The smallest absolute Gasteiger partial charge is 0.407 e. The highest BCUT2D eigenvalue weighted by molar-refractivity contribution is 5.88. The molecule has 16 nitrogen and oxygen atoms in total. The Morgan fingerprint density at radius 2 is 1.01 bits per heavy atom. The number of methoxy groups -OCH3 is 2. The van der Waals surface area contributed by atoms with Crippen LogP contribution in [0.5, 0.6) is 0 Å². The van der Waals surface area contributed by atoms with Gasteiger partial charge in [0.2, 0.25) is 11.8 Å². The van der Waals surface area contributed by atoms with E-state index in [1.807, 2.05) is 39.0 Å². The molecule has 2 aromatic heterocycles. The number of fused-ring (bicyclic) bond motifs is 2. The second-order valence-electron chi connectivity index (χ2n) is 21.3. The molecule has 6 heterocycles. The first-order chi connectivity index (χ1) is 35.6. The number of carbonyl (C=O) groups excluding carboxylic acids is 4. The highest BCUT2D eigenvalue weighted by atomic mass is 19.1. The monoisotopic (exact) mass is 1000 g/mol. The first-order valence-corrected chi connectivity index (χ1v) is 26.9. The zero-order valence-electron chi connectivity index (χ0n) is 42.0. The van der Waals surface area contributed by atoms with E-state index in [1.165, 1.54) is 26.4 Å². The Bertz CT molecular complexity index is 2680. The molecule has 5 aromatic rings. The van der Waals surface area contributed by atoms with E-state index in [4.69, 9.17) is 19.4 Å². The lowest BCUT2D eigenvalue weighted by molar-refractivity contribution is -0.136. The van der Waals surface area contributed by atoms with Crippen LogP contribution in [0.3, 0.4) is 0 Å². The Labute approximate surface area is 424 Å². The van der Waals surface area contributed by atoms with Crippen LogP contribution in [-0.4, -0.2) is 106 Å². The molecular formula is C55H68F2N10O6. The van der Waals surface area contributed by atoms with Crippen LogP contribution in [0.4, 0.5) is 29.7 Å². The first-order valence-electron chi connectivity index (χ1n) is 26.9. The molecule has 6 aliphatic rings. The summed E-state index contributed by atoms with van der Waals surface area (Å²) in [5, 5.41) is 5.71. The number of hydrogen-bond donors (Lipinski definition) is 4. The van der Waals surface area contributed by atoms with E-state index in [-0.39, 0.29) is 53.5 Å². The van der Waals surface area contributed by atoms with E-state index in [1.54, 1.807) is 0 Å². The average Bonchev–Trinajstić information content (AvgIpc) is 4.27. The van der Waals surface area contributed by atoms with Crippen molar-refractivity contribution in [1.82, 2.24) is 40.4 Å². The molecule has 0 radical (unpaired) electrons. The van der Waals surface area contributed by atoms with Crippen LogP contribution in [0, 0.1) is 23.5 Å². The van der Waals surface area contributed by atoms with E-state index in [2.05, 4.69) is 37.6 Å². The third-order valence-electron chi connectivity index (χ3n) is 17.1. The van der Waals surface area contributed by atoms with Crippen molar-refractivity contribution in [3.63, 3.8) is 0 Å². The number of likely N-dealkylation sites (tertiary alicyclic amines) is 2. The molecule has 73 heavy (non-hydrogen) atoms. The van der Waals surface area contributed by atoms with Crippen LogP contribution in [-0.2, 0) is 19.1 Å². The number of anilines is 2. The fourth-order valence-corrected chi connectivity index (χ4v) is 13.5. The summed E-state index contributed by atoms with van der Waals surface area (Å²) >= 11 is 0. The molecule has 18 heteroatoms. The lowest BCUT2D eigenvalue weighted by atomic mass is 9.96. The standard InChI is InChI=1S/C55H68F2N10O6/c1-72-54(70)62-47(32-12-4-5-13-32)52(68)65-26-10-16-45(65)50-58-39-20-18-34(28-41(39)60-50)43-22-23-44(67(43)36-30-37(56)49(38(57)31-36)64-24-8-3-9-25-64)35-19-21-40-42(29-35)61-51(59-40)46-17-11-27-66(46)53(69)48(63-55(71)73-2)33-14-6-7-15-33/h18-21,28-33,43-48H,3-17,22-27H2,1-2H3,(H,58,60)(H,59,61)(H,62,70)(H,63,71)/t43-,44-,45+,46+,47+,48+/m1/s1. The molecule has 4 saturated heterocycles. The zero-order chi connectivity index (χ0) is 50.3. The number of hydrogen-bond acceptors (Lipinski definition) is 10. The summed E-state index contributed by atoms with van der Waals surface area (Å²) in [6, 6.07) is 12.8. The number of aromatic nitrogens is 4. The molecule has 0 bridgehead atoms. The molecule has 388 valence electrons. The second-order valence-corrected chi connectivity index (χ2v) is 21.3. The maximum atomic E-state index is 16.5. The van der Waals surface area contributed by atoms with Gasteiger partial charge < -0.3 is 49.7 Å². The number of halogens is 2. The minimum Gasteiger partial charge on any atom is -0.453 e. The summed E-state index contributed by atoms with van der Waals surface area (Å²) in [4.78, 5) is 78.4. The van der Waals surface area contributed by atoms with Crippen LogP contribution in [0.15, 0.2) is 48.5 Å². The molecule has 4 N–H and O–H groups in total. The zero-order valence-corrected chi connectivity index (χ0v) is 42.0. The summed E-state index contributed by atoms with van der Waals surface area (Å²) in [6.45, 7) is 2.33. The predicted molar refractivity (Wildman–Crippen MR) is 272 cm³/mol. The predicted octanol–water partition coefficient (Wildman–Crippen LogP) is 9.95. The maximum absolute atomic E-state index is 16.5. The number of ether oxygens (including phenoxy) is 2. The lowest BCUT2D eigenvalue weighted by Crippen LogP contribution is -2.51. The number of imidazole rings is 2. The van der Waals surface area contributed by atoms with Gasteiger partial charge in [-0.05, 0) is 143 Å². The van der Waals surface area contributed by atoms with Crippen molar-refractivity contribution in [1.29, 1.82) is 0 Å². The van der Waals surface area contributed by atoms with E-state index in [9.17, 15) is 19.2 Å². The summed E-state index contributed by atoms with van der Waals surface area (Å²) in [5.41, 5.74) is 5.50. The van der Waals surface area contributed by atoms with E-state index in [0.29, 0.717) is 56.4 Å². The summed E-state index contributed by atoms with van der Waals surface area (Å²) in [7, 11) is 2.63. The van der Waals surface area contributed by atoms with Crippen molar-refractivity contribution >= 4 is 57.4 Å². The van der Waals surface area contributed by atoms with Crippen LogP contribution in [0.25, 0.3) is 22.1 Å². The fraction of sp³-hybridized carbons (Fsp3) is 0.564. The Morgan fingerprint density at radius 3 is 1.45 bits per heavy atom. The molecule has 2 aliphatic carbocycles. The van der Waals surface area contributed by atoms with Crippen molar-refractivity contribution in [2.75, 3.05) is 50.2 Å². The number of nitrogens with one attached hydrogen (secondary N) is 4. The second kappa shape index (κ2) is 20.8. The van der Waals surface area contributed by atoms with Gasteiger partial charge in [-0.25, -0.2) is 28.3 Å². The Balaban J connectivity index is 0.897. The molecule has 11 rings (SSSR count). The molecular weight excluding hydrogens is 935 g/mol. The van der Waals surface area contributed by atoms with Crippen LogP contribution >= 0.6 is 0 Å². The van der Waals surface area contributed by atoms with Crippen LogP contribution in [0.2, 0.25) is 0 Å². The van der Waals surface area contributed by atoms with E-state index in [0.717, 1.165) is 130 Å². The van der Waals surface area contributed by atoms with Crippen molar-refractivity contribution in [2.45, 2.75) is 145 Å². The third-order valence-corrected chi connectivity index (χ3v) is 17.1. The molecule has 4 aliphatic heterocycles. The third kappa shape index (κ3) is 9.54. The van der Waals surface area contributed by atoms with Gasteiger partial charge >= 0.3 is 12.2 Å². The Kier molecular flexibility index (Phi) is 13.9. The van der Waals surface area contributed by atoms with Gasteiger partial charge in [0.15, 0.2) is 11.6 Å². The number of aromatic amines is 2. The van der Waals surface area contributed by atoms with Gasteiger partial charge in [-0.2, -0.15) is 0 Å². The van der Waals surface area contributed by atoms with E-state index < -0.39 is 35.9 Å². The van der Waals surface area contributed by atoms with Gasteiger partial charge in [-0.1, -0.05) is 37.8 Å². The summed E-state index contributed by atoms with van der Waals surface area (Å²) in [6.07, 6.45) is 13.6. The largest absolute Gasteiger partial charge is 0.453 e. The van der Waals surface area contributed by atoms with Gasteiger partial charge in [-0.3, -0.25) is 9.59 Å². The van der Waals surface area contributed by atoms with Crippen molar-refractivity contribution in [2.24, 2.45) is 11.8 Å². The molecule has 0 unspecified atom stereocenters. The number of rotatable bonds is 12. The van der Waals surface area contributed by atoms with E-state index >= 15 is 8.78 Å². The van der Waals surface area contributed by atoms with Gasteiger partial charge in [0.25, 0.3) is 0 Å². The van der Waals surface area contributed by atoms with Gasteiger partial charge in [-0.15, -0.1) is 0 Å². The summed E-state index contributed by atoms with van der Waals surface area (Å²) < 4.78 is 42.9. The topological polar surface area (TPSA) is 181 Å². The Hall–Kier alpha value is -6.46.